The first-order chi connectivity index (χ1) is 9.56. The van der Waals surface area contributed by atoms with E-state index in [4.69, 9.17) is 5.73 Å². The minimum atomic E-state index is -4.12. The maximum absolute atomic E-state index is 12.3. The molecule has 0 aliphatic heterocycles. The molecule has 3 atom stereocenters. The van der Waals surface area contributed by atoms with Crippen molar-refractivity contribution in [3.05, 3.63) is 0 Å². The van der Waals surface area contributed by atoms with Crippen molar-refractivity contribution < 1.29 is 22.2 Å². The molecule has 2 aliphatic rings. The zero-order chi connectivity index (χ0) is 16.1. The molecule has 0 amide bonds. The Bertz CT molecular complexity index is 568. The van der Waals surface area contributed by atoms with Crippen LogP contribution in [0, 0.1) is 16.7 Å². The lowest BCUT2D eigenvalue weighted by molar-refractivity contribution is -0.136. The smallest absolute Gasteiger partial charge is 0.338 e. The van der Waals surface area contributed by atoms with Gasteiger partial charge in [0, 0.05) is 6.42 Å². The van der Waals surface area contributed by atoms with Crippen molar-refractivity contribution in [2.45, 2.75) is 52.5 Å². The summed E-state index contributed by atoms with van der Waals surface area (Å²) in [5.74, 6) is -1.19. The number of hydrogen-bond acceptors (Lipinski definition) is 6. The summed E-state index contributed by atoms with van der Waals surface area (Å²) in [7, 11) is -4.12. The second kappa shape index (κ2) is 5.05. The quantitative estimate of drug-likeness (QED) is 0.758. The maximum atomic E-state index is 12.3. The predicted molar refractivity (Wildman–Crippen MR) is 76.7 cm³/mol. The lowest BCUT2D eigenvalue weighted by Crippen LogP contribution is -2.44. The molecule has 2 unspecified atom stereocenters. The SMILES string of the molecule is CC[C@H](N)C(=O)OS(=O)(=O)CC12CCC(CC1=O)C2(C)C. The van der Waals surface area contributed by atoms with Crippen LogP contribution in [-0.4, -0.2) is 32.0 Å². The van der Waals surface area contributed by atoms with Crippen LogP contribution in [0.25, 0.3) is 0 Å². The van der Waals surface area contributed by atoms with E-state index in [9.17, 15) is 18.0 Å². The first-order valence-corrected chi connectivity index (χ1v) is 8.88. The molecule has 0 aromatic heterocycles. The summed E-state index contributed by atoms with van der Waals surface area (Å²) >= 11 is 0. The second-order valence-electron chi connectivity index (χ2n) is 6.79. The summed E-state index contributed by atoms with van der Waals surface area (Å²) in [5.41, 5.74) is 4.18. The Hall–Kier alpha value is -0.950. The van der Waals surface area contributed by atoms with Gasteiger partial charge in [0.25, 0.3) is 0 Å². The average Bonchev–Trinajstić information content (AvgIpc) is 2.70. The fourth-order valence-corrected chi connectivity index (χ4v) is 5.51. The van der Waals surface area contributed by atoms with Gasteiger partial charge >= 0.3 is 16.1 Å². The fraction of sp³-hybridized carbons (Fsp3) is 0.857. The molecular weight excluding hydrogens is 294 g/mol. The topological polar surface area (TPSA) is 104 Å². The third-order valence-electron chi connectivity index (χ3n) is 5.51. The molecule has 0 aromatic carbocycles. The van der Waals surface area contributed by atoms with Crippen molar-refractivity contribution in [1.82, 2.24) is 0 Å². The zero-order valence-corrected chi connectivity index (χ0v) is 13.5. The van der Waals surface area contributed by atoms with Crippen LogP contribution >= 0.6 is 0 Å². The molecule has 2 rings (SSSR count). The monoisotopic (exact) mass is 317 g/mol. The summed E-state index contributed by atoms with van der Waals surface area (Å²) < 4.78 is 29.0. The highest BCUT2D eigenvalue weighted by atomic mass is 32.2. The molecule has 0 aromatic rings. The molecule has 2 saturated carbocycles. The average molecular weight is 317 g/mol. The summed E-state index contributed by atoms with van der Waals surface area (Å²) in [4.78, 5) is 23.9. The number of fused-ring (bicyclic) bond motifs is 2. The van der Waals surface area contributed by atoms with Crippen molar-refractivity contribution in [3.63, 3.8) is 0 Å². The van der Waals surface area contributed by atoms with Gasteiger partial charge in [0.15, 0.2) is 0 Å². The van der Waals surface area contributed by atoms with Crippen LogP contribution in [0.15, 0.2) is 0 Å². The number of carbonyl (C=O) groups excluding carboxylic acids is 2. The molecular formula is C14H23NO5S. The van der Waals surface area contributed by atoms with Gasteiger partial charge in [0.05, 0.1) is 11.2 Å². The Kier molecular flexibility index (Phi) is 3.95. The van der Waals surface area contributed by atoms with Gasteiger partial charge in [-0.1, -0.05) is 20.8 Å². The summed E-state index contributed by atoms with van der Waals surface area (Å²) in [5, 5.41) is 0. The third-order valence-corrected chi connectivity index (χ3v) is 6.78. The van der Waals surface area contributed by atoms with E-state index < -0.39 is 33.3 Å². The Morgan fingerprint density at radius 3 is 2.52 bits per heavy atom. The molecule has 0 saturated heterocycles. The van der Waals surface area contributed by atoms with E-state index in [1.165, 1.54) is 0 Å². The van der Waals surface area contributed by atoms with Gasteiger partial charge in [-0.05, 0) is 30.6 Å². The molecule has 0 radical (unpaired) electrons. The van der Waals surface area contributed by atoms with Gasteiger partial charge in [-0.2, -0.15) is 8.42 Å². The van der Waals surface area contributed by atoms with Gasteiger partial charge in [0.1, 0.15) is 11.8 Å². The van der Waals surface area contributed by atoms with Crippen LogP contribution in [0.4, 0.5) is 0 Å². The van der Waals surface area contributed by atoms with Crippen molar-refractivity contribution in [2.24, 2.45) is 22.5 Å². The number of ketones is 1. The molecule has 2 bridgehead atoms. The number of Topliss-reactive ketones (excluding diaryl/α,β-unsaturated/α-hetero) is 1. The van der Waals surface area contributed by atoms with Gasteiger partial charge in [-0.15, -0.1) is 0 Å². The molecule has 2 N–H and O–H groups in total. The highest BCUT2D eigenvalue weighted by Crippen LogP contribution is 2.64. The summed E-state index contributed by atoms with van der Waals surface area (Å²) in [6.45, 7) is 5.54. The van der Waals surface area contributed by atoms with Crippen LogP contribution in [-0.2, 0) is 23.9 Å². The first kappa shape index (κ1) is 16.4. The number of carbonyl (C=O) groups is 2. The Morgan fingerprint density at radius 2 is 2.10 bits per heavy atom. The molecule has 120 valence electrons. The Labute approximate surface area is 125 Å². The summed E-state index contributed by atoms with van der Waals surface area (Å²) in [6.07, 6.45) is 2.10. The van der Waals surface area contributed by atoms with E-state index in [-0.39, 0.29) is 17.1 Å². The number of nitrogens with two attached hydrogens (primary N) is 1. The van der Waals surface area contributed by atoms with E-state index in [0.29, 0.717) is 19.3 Å². The zero-order valence-electron chi connectivity index (χ0n) is 12.7. The van der Waals surface area contributed by atoms with Crippen LogP contribution in [0.3, 0.4) is 0 Å². The van der Waals surface area contributed by atoms with Crippen molar-refractivity contribution >= 4 is 21.9 Å². The highest BCUT2D eigenvalue weighted by Gasteiger charge is 2.65. The van der Waals surface area contributed by atoms with Crippen molar-refractivity contribution in [3.8, 4) is 0 Å². The molecule has 2 aliphatic carbocycles. The predicted octanol–water partition coefficient (Wildman–Crippen LogP) is 0.992. The Morgan fingerprint density at radius 1 is 1.48 bits per heavy atom. The summed E-state index contributed by atoms with van der Waals surface area (Å²) in [6, 6.07) is -0.958. The normalized spacial score (nSPS) is 32.2. The largest absolute Gasteiger partial charge is 0.344 e. The Balaban J connectivity index is 2.20. The van der Waals surface area contributed by atoms with Gasteiger partial charge in [0.2, 0.25) is 0 Å². The molecule has 0 spiro atoms. The van der Waals surface area contributed by atoms with Gasteiger partial charge in [-0.25, -0.2) is 4.79 Å². The van der Waals surface area contributed by atoms with Crippen LogP contribution < -0.4 is 5.73 Å². The van der Waals surface area contributed by atoms with Crippen LogP contribution in [0.5, 0.6) is 0 Å². The standard InChI is InChI=1S/C14H23NO5S/c1-4-10(15)12(17)20-21(18,19)8-14-6-5-9(7-11(14)16)13(14,2)3/h9-10H,4-8,15H2,1-3H3/t9?,10-,14?/m0/s1. The molecule has 0 heterocycles. The molecule has 2 fully saturated rings. The first-order valence-electron chi connectivity index (χ1n) is 7.30. The highest BCUT2D eigenvalue weighted by molar-refractivity contribution is 7.87. The van der Waals surface area contributed by atoms with Gasteiger partial charge < -0.3 is 9.92 Å². The van der Waals surface area contributed by atoms with Gasteiger partial charge in [-0.3, -0.25) is 4.79 Å². The lowest BCUT2D eigenvalue weighted by Gasteiger charge is -2.35. The lowest BCUT2D eigenvalue weighted by atomic mass is 9.70. The van der Waals surface area contributed by atoms with Crippen molar-refractivity contribution in [2.75, 3.05) is 5.75 Å². The van der Waals surface area contributed by atoms with Crippen molar-refractivity contribution in [1.29, 1.82) is 0 Å². The van der Waals surface area contributed by atoms with E-state index in [1.54, 1.807) is 6.92 Å². The second-order valence-corrected chi connectivity index (χ2v) is 8.36. The van der Waals surface area contributed by atoms with E-state index in [2.05, 4.69) is 4.18 Å². The molecule has 21 heavy (non-hydrogen) atoms. The number of rotatable bonds is 5. The maximum Gasteiger partial charge on any atom is 0.338 e. The van der Waals surface area contributed by atoms with Crippen LogP contribution in [0.1, 0.15) is 46.5 Å². The fourth-order valence-electron chi connectivity index (χ4n) is 3.79. The van der Waals surface area contributed by atoms with E-state index >= 15 is 0 Å². The van der Waals surface area contributed by atoms with E-state index in [1.807, 2.05) is 13.8 Å². The van der Waals surface area contributed by atoms with Crippen LogP contribution in [0.2, 0.25) is 0 Å². The third kappa shape index (κ3) is 2.50. The molecule has 6 nitrogen and oxygen atoms in total. The van der Waals surface area contributed by atoms with E-state index in [0.717, 1.165) is 6.42 Å². The number of hydrogen-bond donors (Lipinski definition) is 1. The minimum absolute atomic E-state index is 0.0248. The minimum Gasteiger partial charge on any atom is -0.344 e. The molecule has 7 heteroatoms.